The minimum absolute atomic E-state index is 0.0314. The van der Waals surface area contributed by atoms with E-state index in [-0.39, 0.29) is 11.8 Å². The number of amides is 1. The van der Waals surface area contributed by atoms with Crippen LogP contribution in [0.2, 0.25) is 10.0 Å². The Morgan fingerprint density at radius 1 is 1.03 bits per heavy atom. The number of aromatic nitrogens is 1. The lowest BCUT2D eigenvalue weighted by molar-refractivity contribution is -0.615. The molecule has 6 nitrogen and oxygen atoms in total. The zero-order valence-corrected chi connectivity index (χ0v) is 20.4. The monoisotopic (exact) mass is 530 g/mol. The van der Waals surface area contributed by atoms with E-state index in [9.17, 15) is 18.0 Å². The maximum atomic E-state index is 12.5. The van der Waals surface area contributed by atoms with E-state index in [2.05, 4.69) is 10.5 Å². The number of aliphatic carboxylic acids is 1. The molecule has 0 unspecified atom stereocenters. The van der Waals surface area contributed by atoms with Crippen molar-refractivity contribution in [1.82, 2.24) is 5.32 Å². The van der Waals surface area contributed by atoms with Crippen molar-refractivity contribution >= 4 is 35.1 Å². The SMILES string of the molecule is Cc1[nH+]oc(C)c1CC(=O)NC[C@H](Cc1ccc(Cl)cc1)c1ccc(Cl)cc1.O=C([O-])C(F)(F)F. The molecule has 3 rings (SSSR count). The summed E-state index contributed by atoms with van der Waals surface area (Å²) >= 11 is 12.0. The van der Waals surface area contributed by atoms with Crippen LogP contribution in [0.5, 0.6) is 0 Å². The van der Waals surface area contributed by atoms with Crippen LogP contribution in [-0.2, 0) is 22.4 Å². The average Bonchev–Trinajstić information content (AvgIpc) is 3.10. The van der Waals surface area contributed by atoms with Crippen molar-refractivity contribution < 1.29 is 37.5 Å². The summed E-state index contributed by atoms with van der Waals surface area (Å²) in [6.07, 6.45) is -4.12. The fourth-order valence-corrected chi connectivity index (χ4v) is 3.46. The van der Waals surface area contributed by atoms with Crippen molar-refractivity contribution in [1.29, 1.82) is 0 Å². The van der Waals surface area contributed by atoms with Gasteiger partial charge in [-0.1, -0.05) is 47.5 Å². The summed E-state index contributed by atoms with van der Waals surface area (Å²) in [6.45, 7) is 4.28. The summed E-state index contributed by atoms with van der Waals surface area (Å²) in [4.78, 5) is 21.3. The zero-order valence-electron chi connectivity index (χ0n) is 18.8. The smallest absolute Gasteiger partial charge is 0.430 e. The molecule has 1 heterocycles. The fourth-order valence-electron chi connectivity index (χ4n) is 3.21. The van der Waals surface area contributed by atoms with Crippen LogP contribution in [-0.4, -0.2) is 24.6 Å². The molecule has 0 bridgehead atoms. The van der Waals surface area contributed by atoms with E-state index in [1.807, 2.05) is 62.4 Å². The number of H-pyrrole nitrogens is 1. The van der Waals surface area contributed by atoms with E-state index in [0.29, 0.717) is 23.0 Å². The molecule has 0 aliphatic rings. The van der Waals surface area contributed by atoms with Crippen LogP contribution in [0, 0.1) is 13.8 Å². The van der Waals surface area contributed by atoms with Crippen LogP contribution >= 0.6 is 23.2 Å². The molecule has 1 aromatic heterocycles. The molecule has 2 N–H and O–H groups in total. The van der Waals surface area contributed by atoms with E-state index < -0.39 is 12.1 Å². The van der Waals surface area contributed by atoms with E-state index in [0.717, 1.165) is 34.6 Å². The third kappa shape index (κ3) is 9.26. The Balaban J connectivity index is 0.000000540. The highest BCUT2D eigenvalue weighted by molar-refractivity contribution is 6.30. The van der Waals surface area contributed by atoms with Crippen molar-refractivity contribution in [2.24, 2.45) is 0 Å². The van der Waals surface area contributed by atoms with Gasteiger partial charge in [-0.2, -0.15) is 13.2 Å². The summed E-state index contributed by atoms with van der Waals surface area (Å²) in [5.74, 6) is -2.17. The van der Waals surface area contributed by atoms with Gasteiger partial charge < -0.3 is 15.2 Å². The maximum absolute atomic E-state index is 12.5. The lowest BCUT2D eigenvalue weighted by atomic mass is 9.92. The largest absolute Gasteiger partial charge is 0.542 e. The van der Waals surface area contributed by atoms with Crippen LogP contribution in [0.1, 0.15) is 34.1 Å². The number of rotatable bonds is 7. The number of hydrogen-bond acceptors (Lipinski definition) is 4. The summed E-state index contributed by atoms with van der Waals surface area (Å²) in [7, 11) is 0. The lowest BCUT2D eigenvalue weighted by Gasteiger charge is -2.19. The summed E-state index contributed by atoms with van der Waals surface area (Å²) in [5, 5.41) is 16.1. The maximum Gasteiger partial charge on any atom is 0.430 e. The van der Waals surface area contributed by atoms with Crippen molar-refractivity contribution in [2.75, 3.05) is 6.54 Å². The van der Waals surface area contributed by atoms with Gasteiger partial charge in [0.1, 0.15) is 5.97 Å². The molecular formula is C24H23Cl2F3N2O4. The molecule has 1 atom stereocenters. The number of halogens is 5. The van der Waals surface area contributed by atoms with Crippen LogP contribution in [0.3, 0.4) is 0 Å². The predicted octanol–water partition coefficient (Wildman–Crippen LogP) is 4.00. The first-order valence-electron chi connectivity index (χ1n) is 10.4. The number of carboxylic acid groups (broad SMARTS) is 1. The number of nitrogens with one attached hydrogen (secondary N) is 2. The summed E-state index contributed by atoms with van der Waals surface area (Å²) < 4.78 is 36.8. The van der Waals surface area contributed by atoms with E-state index >= 15 is 0 Å². The third-order valence-electron chi connectivity index (χ3n) is 5.09. The molecule has 0 aliphatic carbocycles. The van der Waals surface area contributed by atoms with Gasteiger partial charge in [-0.15, -0.1) is 0 Å². The number of aromatic amines is 1. The van der Waals surface area contributed by atoms with Gasteiger partial charge in [-0.3, -0.25) is 4.79 Å². The fraction of sp³-hybridized carbons (Fsp3) is 0.292. The first kappa shape index (κ1) is 28.2. The molecule has 0 spiro atoms. The summed E-state index contributed by atoms with van der Waals surface area (Å²) in [6, 6.07) is 15.6. The quantitative estimate of drug-likeness (QED) is 0.499. The number of aryl methyl sites for hydroxylation is 2. The molecular weight excluding hydrogens is 508 g/mol. The highest BCUT2D eigenvalue weighted by Crippen LogP contribution is 2.23. The second-order valence-electron chi connectivity index (χ2n) is 7.71. The molecule has 0 aliphatic heterocycles. The molecule has 0 saturated heterocycles. The van der Waals surface area contributed by atoms with Gasteiger partial charge in [-0.25, -0.2) is 4.52 Å². The molecule has 0 saturated carbocycles. The molecule has 3 aromatic rings. The van der Waals surface area contributed by atoms with Gasteiger partial charge in [0.05, 0.1) is 12.0 Å². The van der Waals surface area contributed by atoms with Gasteiger partial charge in [0.25, 0.3) is 0 Å². The third-order valence-corrected chi connectivity index (χ3v) is 5.59. The van der Waals surface area contributed by atoms with Gasteiger partial charge >= 0.3 is 6.18 Å². The molecule has 0 fully saturated rings. The molecule has 11 heteroatoms. The first-order valence-corrected chi connectivity index (χ1v) is 11.1. The topological polar surface area (TPSA) is 96.5 Å². The molecule has 35 heavy (non-hydrogen) atoms. The average molecular weight is 531 g/mol. The van der Waals surface area contributed by atoms with Gasteiger partial charge in [0.2, 0.25) is 11.6 Å². The molecule has 0 radical (unpaired) electrons. The number of hydrogen-bond donors (Lipinski definition) is 1. The molecule has 1 amide bonds. The van der Waals surface area contributed by atoms with Crippen LogP contribution in [0.4, 0.5) is 13.2 Å². The number of benzene rings is 2. The Labute approximate surface area is 210 Å². The first-order chi connectivity index (χ1) is 16.4. The Hall–Kier alpha value is -3.04. The van der Waals surface area contributed by atoms with Crippen molar-refractivity contribution in [3.63, 3.8) is 0 Å². The number of alkyl halides is 3. The van der Waals surface area contributed by atoms with Crippen LogP contribution in [0.15, 0.2) is 53.1 Å². The van der Waals surface area contributed by atoms with Gasteiger partial charge in [-0.05, 0) is 47.0 Å². The highest BCUT2D eigenvalue weighted by atomic mass is 35.5. The predicted molar refractivity (Wildman–Crippen MR) is 122 cm³/mol. The standard InChI is InChI=1S/C22H22Cl2N2O2.C2HF3O2/c1-14-21(15(2)28-26-14)12-22(27)25-13-18(17-5-9-20(24)10-6-17)11-16-3-7-19(23)8-4-16;3-2(4,5)1(6)7/h3-10,18H,11-13H2,1-2H3,(H,25,27);(H,6,7)/t18-;/m0./s1. The minimum Gasteiger partial charge on any atom is -0.542 e. The van der Waals surface area contributed by atoms with E-state index in [1.165, 1.54) is 0 Å². The van der Waals surface area contributed by atoms with E-state index in [1.54, 1.807) is 0 Å². The second kappa shape index (κ2) is 12.6. The number of carboxylic acids is 1. The Morgan fingerprint density at radius 2 is 1.54 bits per heavy atom. The number of carbonyl (C=O) groups excluding carboxylic acids is 2. The van der Waals surface area contributed by atoms with Crippen molar-refractivity contribution in [3.05, 3.63) is 86.7 Å². The second-order valence-corrected chi connectivity index (χ2v) is 8.58. The van der Waals surface area contributed by atoms with E-state index in [4.69, 9.17) is 37.6 Å². The van der Waals surface area contributed by atoms with Crippen LogP contribution < -0.4 is 15.6 Å². The number of carbonyl (C=O) groups is 2. The molecule has 188 valence electrons. The minimum atomic E-state index is -5.19. The lowest BCUT2D eigenvalue weighted by Crippen LogP contribution is -2.37. The van der Waals surface area contributed by atoms with Crippen molar-refractivity contribution in [3.8, 4) is 0 Å². The zero-order chi connectivity index (χ0) is 26.2. The Bertz CT molecular complexity index is 1110. The van der Waals surface area contributed by atoms with Gasteiger partial charge in [0.15, 0.2) is 5.76 Å². The Morgan fingerprint density at radius 3 is 2.00 bits per heavy atom. The van der Waals surface area contributed by atoms with Crippen LogP contribution in [0.25, 0.3) is 0 Å². The normalized spacial score (nSPS) is 11.9. The van der Waals surface area contributed by atoms with Gasteiger partial charge in [0, 0.05) is 36.4 Å². The molecule has 2 aromatic carbocycles. The highest BCUT2D eigenvalue weighted by Gasteiger charge is 2.28. The Kier molecular flexibility index (Phi) is 10.2. The summed E-state index contributed by atoms with van der Waals surface area (Å²) in [5.41, 5.74) is 4.07. The van der Waals surface area contributed by atoms with Crippen molar-refractivity contribution in [2.45, 2.75) is 38.8 Å².